The number of rotatable bonds is 7. The van der Waals surface area contributed by atoms with Gasteiger partial charge in [0.05, 0.1) is 17.4 Å². The molecule has 0 aromatic heterocycles. The minimum Gasteiger partial charge on any atom is -0.352 e. The Morgan fingerprint density at radius 2 is 1.80 bits per heavy atom. The third-order valence-electron chi connectivity index (χ3n) is 4.01. The highest BCUT2D eigenvalue weighted by atomic mass is 32.2. The van der Waals surface area contributed by atoms with Gasteiger partial charge in [-0.3, -0.25) is 4.79 Å². The van der Waals surface area contributed by atoms with E-state index in [9.17, 15) is 26.4 Å². The number of halogens is 3. The lowest BCUT2D eigenvalue weighted by Crippen LogP contribution is -2.46. The molecule has 0 fully saturated rings. The molecular weight excluding hydrogens is 357 g/mol. The molecule has 0 spiro atoms. The lowest BCUT2D eigenvalue weighted by Gasteiger charge is -2.25. The zero-order valence-electron chi connectivity index (χ0n) is 14.3. The van der Waals surface area contributed by atoms with E-state index in [2.05, 4.69) is 5.32 Å². The van der Waals surface area contributed by atoms with E-state index in [0.717, 1.165) is 12.3 Å². The summed E-state index contributed by atoms with van der Waals surface area (Å²) in [6.45, 7) is 3.16. The fraction of sp³-hybridized carbons (Fsp3) is 0.562. The molecule has 1 amide bonds. The van der Waals surface area contributed by atoms with Gasteiger partial charge in [0.15, 0.2) is 0 Å². The number of hydrogen-bond donors (Lipinski definition) is 2. The highest BCUT2D eigenvalue weighted by Crippen LogP contribution is 2.35. The van der Waals surface area contributed by atoms with Crippen molar-refractivity contribution in [2.24, 2.45) is 5.73 Å². The molecule has 142 valence electrons. The molecule has 25 heavy (non-hydrogen) atoms. The van der Waals surface area contributed by atoms with Gasteiger partial charge in [-0.05, 0) is 25.0 Å². The first-order valence-electron chi connectivity index (χ1n) is 7.72. The third kappa shape index (κ3) is 6.66. The van der Waals surface area contributed by atoms with Crippen LogP contribution in [-0.4, -0.2) is 38.4 Å². The first kappa shape index (κ1) is 21.4. The van der Waals surface area contributed by atoms with E-state index < -0.39 is 45.5 Å². The summed E-state index contributed by atoms with van der Waals surface area (Å²) >= 11 is 0. The molecule has 3 atom stereocenters. The number of carbonyl (C=O) groups excluding carboxylic acids is 1. The minimum absolute atomic E-state index is 0.0507. The van der Waals surface area contributed by atoms with Gasteiger partial charge >= 0.3 is 6.18 Å². The summed E-state index contributed by atoms with van der Waals surface area (Å²) in [5.41, 5.74) is 4.99. The van der Waals surface area contributed by atoms with Crippen LogP contribution in [0.15, 0.2) is 24.3 Å². The van der Waals surface area contributed by atoms with Crippen LogP contribution in [-0.2, 0) is 20.8 Å². The number of sulfone groups is 1. The summed E-state index contributed by atoms with van der Waals surface area (Å²) in [5.74, 6) is -1.43. The smallest absolute Gasteiger partial charge is 0.352 e. The van der Waals surface area contributed by atoms with Crippen molar-refractivity contribution < 1.29 is 26.4 Å². The van der Waals surface area contributed by atoms with Crippen LogP contribution in [0.25, 0.3) is 0 Å². The maximum absolute atomic E-state index is 13.1. The number of nitrogens with one attached hydrogen (secondary N) is 1. The Balaban J connectivity index is 2.81. The molecule has 0 radical (unpaired) electrons. The Morgan fingerprint density at radius 1 is 1.24 bits per heavy atom. The molecule has 1 aromatic rings. The van der Waals surface area contributed by atoms with Gasteiger partial charge in [0.1, 0.15) is 9.84 Å². The van der Waals surface area contributed by atoms with E-state index in [0.29, 0.717) is 0 Å². The van der Waals surface area contributed by atoms with E-state index in [1.807, 2.05) is 0 Å². The lowest BCUT2D eigenvalue weighted by atomic mass is 9.90. The van der Waals surface area contributed by atoms with Crippen LogP contribution in [0.1, 0.15) is 37.3 Å². The summed E-state index contributed by atoms with van der Waals surface area (Å²) in [5, 5.41) is 2.57. The zero-order valence-corrected chi connectivity index (χ0v) is 15.1. The predicted molar refractivity (Wildman–Crippen MR) is 89.8 cm³/mol. The zero-order chi connectivity index (χ0) is 19.4. The van der Waals surface area contributed by atoms with Gasteiger partial charge in [0.2, 0.25) is 5.91 Å². The van der Waals surface area contributed by atoms with Crippen molar-refractivity contribution >= 4 is 15.7 Å². The monoisotopic (exact) mass is 380 g/mol. The van der Waals surface area contributed by atoms with Crippen molar-refractivity contribution in [2.75, 3.05) is 12.0 Å². The van der Waals surface area contributed by atoms with Crippen molar-refractivity contribution in [1.82, 2.24) is 5.32 Å². The molecular formula is C16H23F3N2O3S. The van der Waals surface area contributed by atoms with E-state index in [-0.39, 0.29) is 17.7 Å². The summed E-state index contributed by atoms with van der Waals surface area (Å²) in [6.07, 6.45) is -3.50. The Bertz CT molecular complexity index is 705. The minimum atomic E-state index is -4.49. The first-order chi connectivity index (χ1) is 11.3. The van der Waals surface area contributed by atoms with Crippen molar-refractivity contribution in [1.29, 1.82) is 0 Å². The van der Waals surface area contributed by atoms with E-state index in [1.54, 1.807) is 13.8 Å². The average Bonchev–Trinajstić information content (AvgIpc) is 2.50. The van der Waals surface area contributed by atoms with Crippen molar-refractivity contribution in [2.45, 2.75) is 44.4 Å². The van der Waals surface area contributed by atoms with E-state index in [1.165, 1.54) is 18.2 Å². The fourth-order valence-corrected chi connectivity index (χ4v) is 3.03. The van der Waals surface area contributed by atoms with Gasteiger partial charge < -0.3 is 11.1 Å². The summed E-state index contributed by atoms with van der Waals surface area (Å²) < 4.78 is 61.6. The largest absolute Gasteiger partial charge is 0.416 e. The van der Waals surface area contributed by atoms with E-state index in [4.69, 9.17) is 5.73 Å². The number of hydrogen-bond acceptors (Lipinski definition) is 4. The maximum atomic E-state index is 13.1. The first-order valence-corrected chi connectivity index (χ1v) is 9.78. The van der Waals surface area contributed by atoms with Gasteiger partial charge in [0.25, 0.3) is 0 Å². The molecule has 1 aromatic carbocycles. The Kier molecular flexibility index (Phi) is 7.01. The highest BCUT2D eigenvalue weighted by molar-refractivity contribution is 7.90. The molecule has 0 saturated carbocycles. The predicted octanol–water partition coefficient (Wildman–Crippen LogP) is 2.08. The van der Waals surface area contributed by atoms with Crippen LogP contribution >= 0.6 is 0 Å². The standard InChI is InChI=1S/C16H23F3N2O3S/c1-10(12-6-4-5-7-13(12)16(17,18)19)11(2)21-15(22)14(20)8-9-25(3,23)24/h4-7,10-11,14H,8-9,20H2,1-3H3,(H,21,22). The van der Waals surface area contributed by atoms with Gasteiger partial charge in [-0.2, -0.15) is 13.2 Å². The van der Waals surface area contributed by atoms with Crippen molar-refractivity contribution in [3.8, 4) is 0 Å². The fourth-order valence-electron chi connectivity index (χ4n) is 2.35. The highest BCUT2D eigenvalue weighted by Gasteiger charge is 2.35. The quantitative estimate of drug-likeness (QED) is 0.758. The molecule has 9 heteroatoms. The normalized spacial score (nSPS) is 16.1. The topological polar surface area (TPSA) is 89.3 Å². The second-order valence-corrected chi connectivity index (χ2v) is 8.46. The molecule has 0 saturated heterocycles. The van der Waals surface area contributed by atoms with Crippen molar-refractivity contribution in [3.63, 3.8) is 0 Å². The van der Waals surface area contributed by atoms with Crippen LogP contribution in [0, 0.1) is 0 Å². The number of carbonyl (C=O) groups is 1. The second kappa shape index (κ2) is 8.18. The van der Waals surface area contributed by atoms with Gasteiger partial charge in [-0.1, -0.05) is 25.1 Å². The van der Waals surface area contributed by atoms with Crippen molar-refractivity contribution in [3.05, 3.63) is 35.4 Å². The number of alkyl halides is 3. The Hall–Kier alpha value is -1.61. The average molecular weight is 380 g/mol. The van der Waals surface area contributed by atoms with Crippen LogP contribution in [0.2, 0.25) is 0 Å². The van der Waals surface area contributed by atoms with Crippen LogP contribution in [0.5, 0.6) is 0 Å². The third-order valence-corrected chi connectivity index (χ3v) is 4.99. The van der Waals surface area contributed by atoms with Gasteiger partial charge in [-0.15, -0.1) is 0 Å². The molecule has 0 aliphatic carbocycles. The number of nitrogens with two attached hydrogens (primary N) is 1. The van der Waals surface area contributed by atoms with Crippen LogP contribution in [0.3, 0.4) is 0 Å². The Labute approximate surface area is 145 Å². The van der Waals surface area contributed by atoms with Crippen LogP contribution in [0.4, 0.5) is 13.2 Å². The molecule has 3 N–H and O–H groups in total. The van der Waals surface area contributed by atoms with Gasteiger partial charge in [0, 0.05) is 18.2 Å². The summed E-state index contributed by atoms with van der Waals surface area (Å²) in [4.78, 5) is 12.0. The molecule has 0 aliphatic rings. The second-order valence-electron chi connectivity index (χ2n) is 6.20. The molecule has 0 aliphatic heterocycles. The molecule has 5 nitrogen and oxygen atoms in total. The molecule has 1 rings (SSSR count). The summed E-state index contributed by atoms with van der Waals surface area (Å²) in [6, 6.07) is 3.54. The number of amides is 1. The molecule has 0 heterocycles. The lowest BCUT2D eigenvalue weighted by molar-refractivity contribution is -0.138. The van der Waals surface area contributed by atoms with Gasteiger partial charge in [-0.25, -0.2) is 8.42 Å². The molecule has 0 bridgehead atoms. The van der Waals surface area contributed by atoms with Crippen LogP contribution < -0.4 is 11.1 Å². The van der Waals surface area contributed by atoms with E-state index >= 15 is 0 Å². The number of benzene rings is 1. The maximum Gasteiger partial charge on any atom is 0.416 e. The summed E-state index contributed by atoms with van der Waals surface area (Å²) in [7, 11) is -3.25. The Morgan fingerprint density at radius 3 is 2.32 bits per heavy atom. The molecule has 3 unspecified atom stereocenters. The SMILES string of the molecule is CC(NC(=O)C(N)CCS(C)(=O)=O)C(C)c1ccccc1C(F)(F)F.